The molecule has 0 radical (unpaired) electrons. The van der Waals surface area contributed by atoms with Crippen LogP contribution in [0.2, 0.25) is 0 Å². The summed E-state index contributed by atoms with van der Waals surface area (Å²) in [5, 5.41) is 7.20. The van der Waals surface area contributed by atoms with Gasteiger partial charge in [0.15, 0.2) is 5.82 Å². The topological polar surface area (TPSA) is 81.9 Å². The van der Waals surface area contributed by atoms with Crippen LogP contribution in [-0.4, -0.2) is 26.2 Å². The fourth-order valence-electron chi connectivity index (χ4n) is 2.19. The average molecular weight is 287 g/mol. The highest BCUT2D eigenvalue weighted by Crippen LogP contribution is 2.20. The van der Waals surface area contributed by atoms with E-state index in [1.165, 1.54) is 0 Å². The van der Waals surface area contributed by atoms with E-state index in [4.69, 9.17) is 8.94 Å². The second kappa shape index (κ2) is 5.92. The molecule has 3 aromatic rings. The van der Waals surface area contributed by atoms with Crippen molar-refractivity contribution in [2.24, 2.45) is 7.05 Å². The van der Waals surface area contributed by atoms with Crippen LogP contribution < -0.4 is 5.32 Å². The van der Waals surface area contributed by atoms with E-state index in [-0.39, 0.29) is 6.04 Å². The first-order chi connectivity index (χ1) is 10.2. The molecule has 3 aromatic heterocycles. The molecule has 1 N–H and O–H groups in total. The molecule has 0 amide bonds. The summed E-state index contributed by atoms with van der Waals surface area (Å²) in [4.78, 5) is 8.58. The fourth-order valence-corrected chi connectivity index (χ4v) is 2.19. The fraction of sp³-hybridized carbons (Fsp3) is 0.357. The molecule has 0 spiro atoms. The van der Waals surface area contributed by atoms with Gasteiger partial charge in [0.05, 0.1) is 6.26 Å². The first kappa shape index (κ1) is 13.6. The van der Waals surface area contributed by atoms with Gasteiger partial charge in [-0.3, -0.25) is 0 Å². The minimum atomic E-state index is -0.107. The third kappa shape index (κ3) is 3.03. The molecule has 0 bridgehead atoms. The summed E-state index contributed by atoms with van der Waals surface area (Å²) < 4.78 is 12.6. The SMILES string of the molecule is Cc1noc(CCNC(c2ccco2)c2nccn2C)n1. The Labute approximate surface area is 122 Å². The van der Waals surface area contributed by atoms with Gasteiger partial charge in [0, 0.05) is 32.4 Å². The van der Waals surface area contributed by atoms with Crippen LogP contribution in [-0.2, 0) is 13.5 Å². The van der Waals surface area contributed by atoms with E-state index in [2.05, 4.69) is 20.4 Å². The van der Waals surface area contributed by atoms with Gasteiger partial charge in [-0.1, -0.05) is 5.16 Å². The zero-order chi connectivity index (χ0) is 14.7. The zero-order valence-electron chi connectivity index (χ0n) is 12.0. The molecule has 1 unspecified atom stereocenters. The molecule has 0 aliphatic carbocycles. The molecule has 3 heterocycles. The third-order valence-corrected chi connectivity index (χ3v) is 3.20. The van der Waals surface area contributed by atoms with Crippen LogP contribution in [0.5, 0.6) is 0 Å². The lowest BCUT2D eigenvalue weighted by Gasteiger charge is -2.15. The molecule has 7 nitrogen and oxygen atoms in total. The summed E-state index contributed by atoms with van der Waals surface area (Å²) in [5.74, 6) is 2.99. The highest BCUT2D eigenvalue weighted by atomic mass is 16.5. The van der Waals surface area contributed by atoms with E-state index >= 15 is 0 Å². The molecule has 0 aliphatic heterocycles. The largest absolute Gasteiger partial charge is 0.467 e. The van der Waals surface area contributed by atoms with Crippen molar-refractivity contribution in [3.63, 3.8) is 0 Å². The lowest BCUT2D eigenvalue weighted by molar-refractivity contribution is 0.366. The van der Waals surface area contributed by atoms with Gasteiger partial charge in [-0.25, -0.2) is 4.98 Å². The first-order valence-corrected chi connectivity index (χ1v) is 6.77. The Morgan fingerprint density at radius 1 is 1.43 bits per heavy atom. The number of nitrogens with zero attached hydrogens (tertiary/aromatic N) is 4. The summed E-state index contributed by atoms with van der Waals surface area (Å²) >= 11 is 0. The van der Waals surface area contributed by atoms with Crippen LogP contribution in [0.25, 0.3) is 0 Å². The predicted molar refractivity (Wildman–Crippen MR) is 74.5 cm³/mol. The quantitative estimate of drug-likeness (QED) is 0.742. The standard InChI is InChI=1S/C14H17N5O2/c1-10-17-12(21-18-10)5-6-15-13(11-4-3-9-20-11)14-16-7-8-19(14)2/h3-4,7-9,13,15H,5-6H2,1-2H3. The van der Waals surface area contributed by atoms with E-state index in [1.807, 2.05) is 29.9 Å². The second-order valence-corrected chi connectivity index (χ2v) is 4.78. The van der Waals surface area contributed by atoms with Crippen LogP contribution in [0.1, 0.15) is 29.3 Å². The zero-order valence-corrected chi connectivity index (χ0v) is 12.0. The monoisotopic (exact) mass is 287 g/mol. The van der Waals surface area contributed by atoms with Crippen LogP contribution in [0.4, 0.5) is 0 Å². The average Bonchev–Trinajstić information content (AvgIpc) is 3.18. The highest BCUT2D eigenvalue weighted by Gasteiger charge is 2.20. The number of aromatic nitrogens is 4. The number of hydrogen-bond donors (Lipinski definition) is 1. The van der Waals surface area contributed by atoms with E-state index < -0.39 is 0 Å². The number of nitrogens with one attached hydrogen (secondary N) is 1. The molecule has 3 rings (SSSR count). The van der Waals surface area contributed by atoms with Crippen LogP contribution in [0.15, 0.2) is 39.7 Å². The predicted octanol–water partition coefficient (Wildman–Crippen LogP) is 1.63. The summed E-state index contributed by atoms with van der Waals surface area (Å²) in [6, 6.07) is 3.70. The molecular weight excluding hydrogens is 270 g/mol. The normalized spacial score (nSPS) is 12.7. The van der Waals surface area contributed by atoms with E-state index in [1.54, 1.807) is 19.4 Å². The molecule has 0 aliphatic rings. The van der Waals surface area contributed by atoms with Gasteiger partial charge in [0.25, 0.3) is 0 Å². The molecule has 21 heavy (non-hydrogen) atoms. The summed E-state index contributed by atoms with van der Waals surface area (Å²) in [6.45, 7) is 2.49. The number of imidazole rings is 1. The van der Waals surface area contributed by atoms with Gasteiger partial charge in [0.1, 0.15) is 17.6 Å². The molecule has 0 saturated carbocycles. The van der Waals surface area contributed by atoms with Crippen molar-refractivity contribution in [1.29, 1.82) is 0 Å². The molecule has 0 fully saturated rings. The Hall–Kier alpha value is -2.41. The molecule has 1 atom stereocenters. The van der Waals surface area contributed by atoms with Crippen LogP contribution in [0.3, 0.4) is 0 Å². The van der Waals surface area contributed by atoms with Crippen molar-refractivity contribution in [3.05, 3.63) is 54.1 Å². The van der Waals surface area contributed by atoms with Crippen molar-refractivity contribution in [1.82, 2.24) is 25.0 Å². The van der Waals surface area contributed by atoms with E-state index in [9.17, 15) is 0 Å². The summed E-state index contributed by atoms with van der Waals surface area (Å²) in [6.07, 6.45) is 6.00. The van der Waals surface area contributed by atoms with Gasteiger partial charge >= 0.3 is 0 Å². The number of hydrogen-bond acceptors (Lipinski definition) is 6. The smallest absolute Gasteiger partial charge is 0.227 e. The van der Waals surface area contributed by atoms with E-state index in [0.717, 1.165) is 11.6 Å². The van der Waals surface area contributed by atoms with Crippen LogP contribution in [0, 0.1) is 6.92 Å². The van der Waals surface area contributed by atoms with E-state index in [0.29, 0.717) is 24.7 Å². The minimum absolute atomic E-state index is 0.107. The van der Waals surface area contributed by atoms with Crippen molar-refractivity contribution >= 4 is 0 Å². The number of aryl methyl sites for hydroxylation is 2. The van der Waals surface area contributed by atoms with Gasteiger partial charge in [-0.15, -0.1) is 0 Å². The van der Waals surface area contributed by atoms with Gasteiger partial charge < -0.3 is 18.8 Å². The Balaban J connectivity index is 1.70. The number of rotatable bonds is 6. The Bertz CT molecular complexity index is 686. The van der Waals surface area contributed by atoms with Gasteiger partial charge in [-0.05, 0) is 19.1 Å². The first-order valence-electron chi connectivity index (χ1n) is 6.77. The molecular formula is C14H17N5O2. The maximum atomic E-state index is 5.51. The molecule has 0 aromatic carbocycles. The Morgan fingerprint density at radius 2 is 2.33 bits per heavy atom. The van der Waals surface area contributed by atoms with Crippen molar-refractivity contribution in [2.75, 3.05) is 6.54 Å². The second-order valence-electron chi connectivity index (χ2n) is 4.78. The molecule has 7 heteroatoms. The summed E-state index contributed by atoms with van der Waals surface area (Å²) in [7, 11) is 1.96. The maximum Gasteiger partial charge on any atom is 0.227 e. The Morgan fingerprint density at radius 3 is 2.95 bits per heavy atom. The van der Waals surface area contributed by atoms with Crippen molar-refractivity contribution in [2.45, 2.75) is 19.4 Å². The lowest BCUT2D eigenvalue weighted by Crippen LogP contribution is -2.26. The van der Waals surface area contributed by atoms with Crippen molar-refractivity contribution < 1.29 is 8.94 Å². The van der Waals surface area contributed by atoms with Gasteiger partial charge in [-0.2, -0.15) is 4.98 Å². The Kier molecular flexibility index (Phi) is 3.83. The number of furan rings is 1. The lowest BCUT2D eigenvalue weighted by atomic mass is 10.2. The van der Waals surface area contributed by atoms with Gasteiger partial charge in [0.2, 0.25) is 5.89 Å². The molecule has 0 saturated heterocycles. The maximum absolute atomic E-state index is 5.51. The summed E-state index contributed by atoms with van der Waals surface area (Å²) in [5.41, 5.74) is 0. The molecule has 110 valence electrons. The highest BCUT2D eigenvalue weighted by molar-refractivity contribution is 5.15. The van der Waals surface area contributed by atoms with Crippen LogP contribution >= 0.6 is 0 Å². The van der Waals surface area contributed by atoms with Crippen molar-refractivity contribution in [3.8, 4) is 0 Å². The third-order valence-electron chi connectivity index (χ3n) is 3.20. The minimum Gasteiger partial charge on any atom is -0.467 e.